The summed E-state index contributed by atoms with van der Waals surface area (Å²) in [5.74, 6) is -0.721. The molecule has 0 aromatic heterocycles. The molecule has 1 unspecified atom stereocenters. The molecule has 2 rings (SSSR count). The molecule has 0 amide bonds. The highest BCUT2D eigenvalue weighted by molar-refractivity contribution is 9.10. The Kier molecular flexibility index (Phi) is 5.67. The summed E-state index contributed by atoms with van der Waals surface area (Å²) >= 11 is 3.45. The van der Waals surface area contributed by atoms with E-state index in [9.17, 15) is 9.90 Å². The molecule has 7 heteroatoms. The average Bonchev–Trinajstić information content (AvgIpc) is 2.67. The number of benzene rings is 1. The third kappa shape index (κ3) is 3.95. The highest BCUT2D eigenvalue weighted by Crippen LogP contribution is 2.43. The van der Waals surface area contributed by atoms with Gasteiger partial charge in [0.2, 0.25) is 0 Å². The van der Waals surface area contributed by atoms with Gasteiger partial charge in [-0.15, -0.1) is 0 Å². The van der Waals surface area contributed by atoms with Gasteiger partial charge in [0.25, 0.3) is 0 Å². The van der Waals surface area contributed by atoms with E-state index in [1.807, 2.05) is 52.8 Å². The standard InChI is InChI=1S/C17H24BBrO5/c1-6-22-14-8-7-11(19)9-12(14)13(10-15(20)21)18-23-16(2,3)17(4,5)24-18/h7-9,13H,6,10H2,1-5H3,(H,20,21). The van der Waals surface area contributed by atoms with Gasteiger partial charge < -0.3 is 19.2 Å². The molecule has 132 valence electrons. The van der Waals surface area contributed by atoms with E-state index in [0.717, 1.165) is 10.0 Å². The van der Waals surface area contributed by atoms with Crippen LogP contribution in [-0.2, 0) is 14.1 Å². The lowest BCUT2D eigenvalue weighted by atomic mass is 9.66. The van der Waals surface area contributed by atoms with Gasteiger partial charge in [-0.25, -0.2) is 0 Å². The van der Waals surface area contributed by atoms with Gasteiger partial charge in [0.1, 0.15) is 5.75 Å². The van der Waals surface area contributed by atoms with Gasteiger partial charge in [0, 0.05) is 10.3 Å². The van der Waals surface area contributed by atoms with Crippen molar-refractivity contribution in [2.45, 2.75) is 58.1 Å². The van der Waals surface area contributed by atoms with Crippen LogP contribution >= 0.6 is 15.9 Å². The van der Waals surface area contributed by atoms with Gasteiger partial charge in [0.15, 0.2) is 0 Å². The molecule has 1 saturated heterocycles. The predicted octanol–water partition coefficient (Wildman–Crippen LogP) is 4.04. The van der Waals surface area contributed by atoms with Crippen LogP contribution in [0.3, 0.4) is 0 Å². The highest BCUT2D eigenvalue weighted by Gasteiger charge is 2.54. The number of carbonyl (C=O) groups is 1. The van der Waals surface area contributed by atoms with Crippen LogP contribution in [0.2, 0.25) is 0 Å². The van der Waals surface area contributed by atoms with Crippen LogP contribution in [0.25, 0.3) is 0 Å². The van der Waals surface area contributed by atoms with Crippen LogP contribution in [0.15, 0.2) is 22.7 Å². The fourth-order valence-corrected chi connectivity index (χ4v) is 3.07. The number of halogens is 1. The molecule has 1 N–H and O–H groups in total. The molecule has 0 saturated carbocycles. The first-order chi connectivity index (χ1) is 11.1. The van der Waals surface area contributed by atoms with Crippen molar-refractivity contribution in [3.63, 3.8) is 0 Å². The molecule has 0 radical (unpaired) electrons. The van der Waals surface area contributed by atoms with E-state index in [-0.39, 0.29) is 6.42 Å². The fraction of sp³-hybridized carbons (Fsp3) is 0.588. The first-order valence-electron chi connectivity index (χ1n) is 8.07. The summed E-state index contributed by atoms with van der Waals surface area (Å²) in [4.78, 5) is 11.5. The third-order valence-corrected chi connectivity index (χ3v) is 5.16. The summed E-state index contributed by atoms with van der Waals surface area (Å²) in [6.07, 6.45) is -0.104. The number of carboxylic acids is 1. The Hall–Kier alpha value is -1.05. The van der Waals surface area contributed by atoms with Crippen LogP contribution in [0, 0.1) is 0 Å². The SMILES string of the molecule is CCOc1ccc(Br)cc1C(CC(=O)O)B1OC(C)(C)C(C)(C)O1. The second-order valence-electron chi connectivity index (χ2n) is 6.94. The van der Waals surface area contributed by atoms with Crippen molar-refractivity contribution in [3.8, 4) is 5.75 Å². The molecule has 1 aromatic carbocycles. The Morgan fingerprint density at radius 1 is 1.29 bits per heavy atom. The first kappa shape index (κ1) is 19.3. The zero-order valence-electron chi connectivity index (χ0n) is 14.8. The molecule has 0 bridgehead atoms. The minimum absolute atomic E-state index is 0.104. The number of hydrogen-bond donors (Lipinski definition) is 1. The molecule has 5 nitrogen and oxygen atoms in total. The molecule has 0 aliphatic carbocycles. The minimum atomic E-state index is -0.905. The molecule has 1 heterocycles. The van der Waals surface area contributed by atoms with E-state index in [1.165, 1.54) is 0 Å². The quantitative estimate of drug-likeness (QED) is 0.732. The molecule has 1 fully saturated rings. The number of ether oxygens (including phenoxy) is 1. The van der Waals surface area contributed by atoms with Crippen LogP contribution < -0.4 is 4.74 Å². The lowest BCUT2D eigenvalue weighted by Gasteiger charge is -2.32. The van der Waals surface area contributed by atoms with Crippen LogP contribution in [0.1, 0.15) is 52.4 Å². The van der Waals surface area contributed by atoms with Crippen molar-refractivity contribution in [2.24, 2.45) is 0 Å². The molecule has 24 heavy (non-hydrogen) atoms. The van der Waals surface area contributed by atoms with E-state index in [1.54, 1.807) is 0 Å². The van der Waals surface area contributed by atoms with Crippen molar-refractivity contribution in [1.82, 2.24) is 0 Å². The van der Waals surface area contributed by atoms with Crippen molar-refractivity contribution in [3.05, 3.63) is 28.2 Å². The number of hydrogen-bond acceptors (Lipinski definition) is 4. The topological polar surface area (TPSA) is 65.0 Å². The van der Waals surface area contributed by atoms with Gasteiger partial charge in [-0.1, -0.05) is 15.9 Å². The van der Waals surface area contributed by atoms with Gasteiger partial charge in [0.05, 0.1) is 24.2 Å². The maximum absolute atomic E-state index is 11.5. The van der Waals surface area contributed by atoms with Crippen molar-refractivity contribution in [2.75, 3.05) is 6.61 Å². The second-order valence-corrected chi connectivity index (χ2v) is 7.86. The monoisotopic (exact) mass is 398 g/mol. The Morgan fingerprint density at radius 3 is 2.38 bits per heavy atom. The Labute approximate surface area is 151 Å². The highest BCUT2D eigenvalue weighted by atomic mass is 79.9. The maximum Gasteiger partial charge on any atom is 0.466 e. The summed E-state index contributed by atoms with van der Waals surface area (Å²) < 4.78 is 18.7. The van der Waals surface area contributed by atoms with Crippen LogP contribution in [0.5, 0.6) is 5.75 Å². The molecular formula is C17H24BBrO5. The molecule has 1 aromatic rings. The predicted molar refractivity (Wildman–Crippen MR) is 96.4 cm³/mol. The number of aliphatic carboxylic acids is 1. The Morgan fingerprint density at radius 2 is 1.88 bits per heavy atom. The third-order valence-electron chi connectivity index (χ3n) is 4.67. The van der Waals surface area contributed by atoms with Crippen molar-refractivity contribution < 1.29 is 23.9 Å². The molecule has 1 aliphatic heterocycles. The van der Waals surface area contributed by atoms with E-state index < -0.39 is 30.1 Å². The zero-order valence-corrected chi connectivity index (χ0v) is 16.3. The molecule has 0 spiro atoms. The normalized spacial score (nSPS) is 20.0. The maximum atomic E-state index is 11.5. The Balaban J connectivity index is 2.44. The van der Waals surface area contributed by atoms with Crippen LogP contribution in [-0.4, -0.2) is 36.0 Å². The first-order valence-corrected chi connectivity index (χ1v) is 8.86. The lowest BCUT2D eigenvalue weighted by molar-refractivity contribution is -0.137. The zero-order chi connectivity index (χ0) is 18.1. The van der Waals surface area contributed by atoms with Crippen molar-refractivity contribution >= 4 is 29.0 Å². The number of carboxylic acid groups (broad SMARTS) is 1. The average molecular weight is 399 g/mol. The smallest absolute Gasteiger partial charge is 0.466 e. The van der Waals surface area contributed by atoms with E-state index in [2.05, 4.69) is 15.9 Å². The van der Waals surface area contributed by atoms with Gasteiger partial charge >= 0.3 is 13.1 Å². The Bertz CT molecular complexity index is 601. The summed E-state index contributed by atoms with van der Waals surface area (Å²) in [6, 6.07) is 5.59. The van der Waals surface area contributed by atoms with Gasteiger partial charge in [-0.3, -0.25) is 4.79 Å². The lowest BCUT2D eigenvalue weighted by Crippen LogP contribution is -2.41. The largest absolute Gasteiger partial charge is 0.494 e. The summed E-state index contributed by atoms with van der Waals surface area (Å²) in [7, 11) is -0.653. The number of rotatable bonds is 6. The van der Waals surface area contributed by atoms with Crippen LogP contribution in [0.4, 0.5) is 0 Å². The van der Waals surface area contributed by atoms with Gasteiger partial charge in [-0.2, -0.15) is 0 Å². The summed E-state index contributed by atoms with van der Waals surface area (Å²) in [5, 5.41) is 9.39. The van der Waals surface area contributed by atoms with E-state index >= 15 is 0 Å². The minimum Gasteiger partial charge on any atom is -0.494 e. The van der Waals surface area contributed by atoms with Crippen molar-refractivity contribution in [1.29, 1.82) is 0 Å². The molecule has 1 atom stereocenters. The summed E-state index contributed by atoms with van der Waals surface area (Å²) in [5.41, 5.74) is -0.273. The van der Waals surface area contributed by atoms with E-state index in [4.69, 9.17) is 14.0 Å². The summed E-state index contributed by atoms with van der Waals surface area (Å²) in [6.45, 7) is 10.2. The van der Waals surface area contributed by atoms with Gasteiger partial charge in [-0.05, 0) is 58.4 Å². The molecular weight excluding hydrogens is 375 g/mol. The second kappa shape index (κ2) is 7.06. The molecule has 1 aliphatic rings. The van der Waals surface area contributed by atoms with E-state index in [0.29, 0.717) is 12.4 Å². The fourth-order valence-electron chi connectivity index (χ4n) is 2.69.